The number of thiophene rings is 1. The summed E-state index contributed by atoms with van der Waals surface area (Å²) in [6, 6.07) is 6.13. The molecule has 2 rings (SSSR count). The molecule has 1 aromatic carbocycles. The Bertz CT molecular complexity index is 447. The third-order valence-electron chi connectivity index (χ3n) is 2.07. The average molecular weight is 303 g/mol. The molecule has 1 aromatic heterocycles. The van der Waals surface area contributed by atoms with Gasteiger partial charge in [-0.3, -0.25) is 0 Å². The quantitative estimate of drug-likeness (QED) is 0.631. The van der Waals surface area contributed by atoms with Crippen LogP contribution >= 0.6 is 33.9 Å². The minimum atomic E-state index is 0.903. The second-order valence-corrected chi connectivity index (χ2v) is 5.10. The van der Waals surface area contributed by atoms with Crippen LogP contribution in [0, 0.1) is 3.57 Å². The molecule has 0 saturated carbocycles. The Morgan fingerprint density at radius 3 is 2.85 bits per heavy atom. The van der Waals surface area contributed by atoms with Gasteiger partial charge in [-0.05, 0) is 35.1 Å². The molecular weight excluding hydrogens is 293 g/mol. The summed E-state index contributed by atoms with van der Waals surface area (Å²) in [5, 5.41) is 1.31. The molecule has 1 nitrogen and oxygen atoms in total. The van der Waals surface area contributed by atoms with E-state index in [0.717, 1.165) is 12.1 Å². The van der Waals surface area contributed by atoms with Gasteiger partial charge < -0.3 is 5.73 Å². The topological polar surface area (TPSA) is 26.0 Å². The Kier molecular flexibility index (Phi) is 2.47. The van der Waals surface area contributed by atoms with E-state index in [9.17, 15) is 0 Å². The van der Waals surface area contributed by atoms with Crippen LogP contribution < -0.4 is 5.73 Å². The highest BCUT2D eigenvalue weighted by Crippen LogP contribution is 2.35. The molecule has 0 spiro atoms. The number of halogens is 1. The molecule has 0 unspecified atom stereocenters. The monoisotopic (exact) mass is 303 g/mol. The molecule has 0 amide bonds. The normalized spacial score (nSPS) is 10.9. The summed E-state index contributed by atoms with van der Waals surface area (Å²) in [5.74, 6) is 0. The van der Waals surface area contributed by atoms with Crippen molar-refractivity contribution in [2.75, 3.05) is 5.73 Å². The molecule has 0 saturated heterocycles. The Balaban J connectivity index is 2.83. The van der Waals surface area contributed by atoms with Crippen molar-refractivity contribution in [3.8, 4) is 0 Å². The van der Waals surface area contributed by atoms with Crippen molar-refractivity contribution in [3.05, 3.63) is 26.6 Å². The highest BCUT2D eigenvalue weighted by Gasteiger charge is 2.09. The number of aryl methyl sites for hydroxylation is 1. The Hall–Kier alpha value is -0.290. The number of nitrogen functional groups attached to an aromatic ring is 1. The van der Waals surface area contributed by atoms with E-state index >= 15 is 0 Å². The first kappa shape index (κ1) is 9.27. The van der Waals surface area contributed by atoms with E-state index in [1.165, 1.54) is 18.5 Å². The predicted octanol–water partition coefficient (Wildman–Crippen LogP) is 3.65. The van der Waals surface area contributed by atoms with Gasteiger partial charge in [0.2, 0.25) is 0 Å². The molecule has 13 heavy (non-hydrogen) atoms. The van der Waals surface area contributed by atoms with Crippen LogP contribution in [-0.4, -0.2) is 0 Å². The second kappa shape index (κ2) is 3.46. The van der Waals surface area contributed by atoms with Gasteiger partial charge in [0.05, 0.1) is 4.70 Å². The SMILES string of the molecule is CCc1sc2c(N)cccc2c1I. The van der Waals surface area contributed by atoms with Gasteiger partial charge in [0.1, 0.15) is 0 Å². The van der Waals surface area contributed by atoms with Crippen molar-refractivity contribution in [2.24, 2.45) is 0 Å². The maximum absolute atomic E-state index is 5.90. The predicted molar refractivity (Wildman–Crippen MR) is 68.3 cm³/mol. The van der Waals surface area contributed by atoms with Gasteiger partial charge in [0.15, 0.2) is 0 Å². The molecule has 3 heteroatoms. The lowest BCUT2D eigenvalue weighted by molar-refractivity contribution is 1.18. The number of fused-ring (bicyclic) bond motifs is 1. The van der Waals surface area contributed by atoms with Crippen LogP contribution in [0.15, 0.2) is 18.2 Å². The summed E-state index contributed by atoms with van der Waals surface area (Å²) in [5.41, 5.74) is 6.80. The van der Waals surface area contributed by atoms with Gasteiger partial charge in [-0.15, -0.1) is 11.3 Å². The van der Waals surface area contributed by atoms with Crippen LogP contribution in [-0.2, 0) is 6.42 Å². The minimum absolute atomic E-state index is 0.903. The number of benzene rings is 1. The van der Waals surface area contributed by atoms with Crippen molar-refractivity contribution in [1.29, 1.82) is 0 Å². The van der Waals surface area contributed by atoms with E-state index in [1.807, 2.05) is 23.5 Å². The van der Waals surface area contributed by atoms with Crippen molar-refractivity contribution in [2.45, 2.75) is 13.3 Å². The van der Waals surface area contributed by atoms with Crippen molar-refractivity contribution in [1.82, 2.24) is 0 Å². The molecule has 0 bridgehead atoms. The molecule has 0 radical (unpaired) electrons. The summed E-state index contributed by atoms with van der Waals surface area (Å²) in [6.45, 7) is 2.18. The highest BCUT2D eigenvalue weighted by molar-refractivity contribution is 14.1. The number of hydrogen-bond acceptors (Lipinski definition) is 2. The number of rotatable bonds is 1. The summed E-state index contributed by atoms with van der Waals surface area (Å²) < 4.78 is 2.61. The van der Waals surface area contributed by atoms with Crippen LogP contribution in [0.3, 0.4) is 0 Å². The molecule has 0 aliphatic carbocycles. The third-order valence-corrected chi connectivity index (χ3v) is 5.07. The summed E-state index contributed by atoms with van der Waals surface area (Å²) in [6.07, 6.45) is 1.09. The fourth-order valence-corrected chi connectivity index (χ4v) is 3.79. The van der Waals surface area contributed by atoms with Gasteiger partial charge in [0.25, 0.3) is 0 Å². The van der Waals surface area contributed by atoms with Gasteiger partial charge in [-0.25, -0.2) is 0 Å². The summed E-state index contributed by atoms with van der Waals surface area (Å²) in [7, 11) is 0. The van der Waals surface area contributed by atoms with E-state index in [4.69, 9.17) is 5.73 Å². The molecule has 0 aliphatic rings. The summed E-state index contributed by atoms with van der Waals surface area (Å²) >= 11 is 4.22. The highest BCUT2D eigenvalue weighted by atomic mass is 127. The maximum Gasteiger partial charge on any atom is 0.0586 e. The van der Waals surface area contributed by atoms with Crippen molar-refractivity contribution in [3.63, 3.8) is 0 Å². The van der Waals surface area contributed by atoms with Crippen molar-refractivity contribution >= 4 is 49.7 Å². The minimum Gasteiger partial charge on any atom is -0.398 e. The van der Waals surface area contributed by atoms with Crippen LogP contribution in [0.2, 0.25) is 0 Å². The first-order chi connectivity index (χ1) is 6.24. The van der Waals surface area contributed by atoms with E-state index in [-0.39, 0.29) is 0 Å². The first-order valence-electron chi connectivity index (χ1n) is 4.19. The molecule has 2 aromatic rings. The lowest BCUT2D eigenvalue weighted by Gasteiger charge is -1.93. The maximum atomic E-state index is 5.90. The Labute approximate surface area is 95.1 Å². The molecule has 2 N–H and O–H groups in total. The second-order valence-electron chi connectivity index (χ2n) is 2.92. The Morgan fingerprint density at radius 1 is 1.46 bits per heavy atom. The van der Waals surface area contributed by atoms with Crippen LogP contribution in [0.4, 0.5) is 5.69 Å². The van der Waals surface area contributed by atoms with Gasteiger partial charge >= 0.3 is 0 Å². The first-order valence-corrected chi connectivity index (χ1v) is 6.09. The lowest BCUT2D eigenvalue weighted by Crippen LogP contribution is -1.82. The van der Waals surface area contributed by atoms with Gasteiger partial charge in [0, 0.05) is 19.5 Å². The zero-order chi connectivity index (χ0) is 9.42. The van der Waals surface area contributed by atoms with Crippen LogP contribution in [0.1, 0.15) is 11.8 Å². The van der Waals surface area contributed by atoms with E-state index in [2.05, 4.69) is 35.6 Å². The van der Waals surface area contributed by atoms with E-state index in [0.29, 0.717) is 0 Å². The lowest BCUT2D eigenvalue weighted by atomic mass is 10.2. The molecular formula is C10H10INS. The molecule has 0 aliphatic heterocycles. The largest absolute Gasteiger partial charge is 0.398 e. The fourth-order valence-electron chi connectivity index (χ4n) is 1.39. The number of nitrogens with two attached hydrogens (primary N) is 1. The smallest absolute Gasteiger partial charge is 0.0586 e. The fraction of sp³-hybridized carbons (Fsp3) is 0.200. The van der Waals surface area contributed by atoms with E-state index in [1.54, 1.807) is 0 Å². The van der Waals surface area contributed by atoms with Crippen LogP contribution in [0.5, 0.6) is 0 Å². The van der Waals surface area contributed by atoms with Crippen LogP contribution in [0.25, 0.3) is 10.1 Å². The molecule has 1 heterocycles. The zero-order valence-electron chi connectivity index (χ0n) is 7.30. The van der Waals surface area contributed by atoms with Crippen molar-refractivity contribution < 1.29 is 0 Å². The molecule has 68 valence electrons. The summed E-state index contributed by atoms with van der Waals surface area (Å²) in [4.78, 5) is 1.44. The standard InChI is InChI=1S/C10H10INS/c1-2-8-9(11)6-4-3-5-7(12)10(6)13-8/h3-5H,2,12H2,1H3. The van der Waals surface area contributed by atoms with Gasteiger partial charge in [-0.2, -0.15) is 0 Å². The zero-order valence-corrected chi connectivity index (χ0v) is 10.3. The number of anilines is 1. The average Bonchev–Trinajstić information content (AvgIpc) is 2.45. The third kappa shape index (κ3) is 1.44. The molecule has 0 atom stereocenters. The number of hydrogen-bond donors (Lipinski definition) is 1. The molecule has 0 fully saturated rings. The van der Waals surface area contributed by atoms with E-state index < -0.39 is 0 Å². The Morgan fingerprint density at radius 2 is 2.23 bits per heavy atom. The van der Waals surface area contributed by atoms with Gasteiger partial charge in [-0.1, -0.05) is 19.1 Å².